The molecule has 0 unspecified atom stereocenters. The van der Waals surface area contributed by atoms with E-state index in [1.54, 1.807) is 0 Å². The van der Waals surface area contributed by atoms with Crippen LogP contribution in [-0.2, 0) is 14.3 Å². The third kappa shape index (κ3) is 3.15. The van der Waals surface area contributed by atoms with Crippen molar-refractivity contribution in [2.75, 3.05) is 27.4 Å². The van der Waals surface area contributed by atoms with Gasteiger partial charge in [-0.15, -0.1) is 0 Å². The quantitative estimate of drug-likeness (QED) is 0.538. The maximum Gasteiger partial charge on any atom is 0.246 e. The van der Waals surface area contributed by atoms with E-state index in [0.717, 1.165) is 0 Å². The summed E-state index contributed by atoms with van der Waals surface area (Å²) >= 11 is 0. The molecule has 16 heavy (non-hydrogen) atoms. The molecule has 0 heterocycles. The van der Waals surface area contributed by atoms with Crippen LogP contribution in [0.25, 0.3) is 0 Å². The fourth-order valence-corrected chi connectivity index (χ4v) is 2.03. The molecular formula is C10H19NO5. The van der Waals surface area contributed by atoms with Gasteiger partial charge in [-0.2, -0.15) is 0 Å². The number of hydrogen-bond donors (Lipinski definition) is 3. The zero-order valence-electron chi connectivity index (χ0n) is 9.55. The van der Waals surface area contributed by atoms with Crippen molar-refractivity contribution in [3.63, 3.8) is 0 Å². The van der Waals surface area contributed by atoms with E-state index >= 15 is 0 Å². The molecule has 1 amide bonds. The minimum absolute atomic E-state index is 0.0474. The highest BCUT2D eigenvalue weighted by Crippen LogP contribution is 2.26. The molecule has 0 bridgehead atoms. The number of hydrogen-bond acceptors (Lipinski definition) is 5. The van der Waals surface area contributed by atoms with E-state index in [-0.39, 0.29) is 18.4 Å². The molecule has 1 saturated carbocycles. The molecule has 0 radical (unpaired) electrons. The second-order valence-electron chi connectivity index (χ2n) is 4.04. The summed E-state index contributed by atoms with van der Waals surface area (Å²) in [5, 5.41) is 22.0. The summed E-state index contributed by atoms with van der Waals surface area (Å²) in [4.78, 5) is 11.3. The Morgan fingerprint density at radius 2 is 2.00 bits per heavy atom. The summed E-state index contributed by atoms with van der Waals surface area (Å²) in [6.45, 7) is 0.323. The lowest BCUT2D eigenvalue weighted by atomic mass is 10.1. The SMILES string of the molecule is COCC(=O)N[C@@H]1C[C@H](COC)[C@@H](O)[C@H]1O. The largest absolute Gasteiger partial charge is 0.390 e. The second kappa shape index (κ2) is 6.15. The molecule has 1 aliphatic carbocycles. The Morgan fingerprint density at radius 1 is 1.31 bits per heavy atom. The van der Waals surface area contributed by atoms with Crippen molar-refractivity contribution in [2.45, 2.75) is 24.7 Å². The highest BCUT2D eigenvalue weighted by atomic mass is 16.5. The first-order chi connectivity index (χ1) is 7.60. The molecule has 0 aromatic heterocycles. The Hall–Kier alpha value is -0.690. The lowest BCUT2D eigenvalue weighted by Crippen LogP contribution is -2.44. The van der Waals surface area contributed by atoms with Crippen molar-refractivity contribution >= 4 is 5.91 Å². The van der Waals surface area contributed by atoms with E-state index in [2.05, 4.69) is 10.1 Å². The van der Waals surface area contributed by atoms with Gasteiger partial charge in [0.05, 0.1) is 18.8 Å². The zero-order valence-corrected chi connectivity index (χ0v) is 9.55. The fraction of sp³-hybridized carbons (Fsp3) is 0.900. The van der Waals surface area contributed by atoms with Crippen LogP contribution in [0.5, 0.6) is 0 Å². The number of carbonyl (C=O) groups is 1. The molecule has 0 spiro atoms. The molecule has 4 atom stereocenters. The van der Waals surface area contributed by atoms with Gasteiger partial charge >= 0.3 is 0 Å². The Morgan fingerprint density at radius 3 is 2.56 bits per heavy atom. The lowest BCUT2D eigenvalue weighted by Gasteiger charge is -2.17. The third-order valence-electron chi connectivity index (χ3n) is 2.80. The van der Waals surface area contributed by atoms with Crippen molar-refractivity contribution in [1.29, 1.82) is 0 Å². The van der Waals surface area contributed by atoms with Crippen LogP contribution in [0.4, 0.5) is 0 Å². The number of amides is 1. The van der Waals surface area contributed by atoms with Crippen LogP contribution >= 0.6 is 0 Å². The van der Waals surface area contributed by atoms with E-state index in [0.29, 0.717) is 13.0 Å². The lowest BCUT2D eigenvalue weighted by molar-refractivity contribution is -0.126. The van der Waals surface area contributed by atoms with Crippen LogP contribution < -0.4 is 5.32 Å². The predicted molar refractivity (Wildman–Crippen MR) is 55.8 cm³/mol. The standard InChI is InChI=1S/C10H19NO5/c1-15-4-6-3-7(10(14)9(6)13)11-8(12)5-16-2/h6-7,9-10,13-14H,3-5H2,1-2H3,(H,11,12)/t6-,7-,9-,10+/m1/s1. The fourth-order valence-electron chi connectivity index (χ4n) is 2.03. The van der Waals surface area contributed by atoms with E-state index in [1.165, 1.54) is 14.2 Å². The maximum absolute atomic E-state index is 11.3. The van der Waals surface area contributed by atoms with Crippen molar-refractivity contribution in [3.8, 4) is 0 Å². The number of aliphatic hydroxyl groups excluding tert-OH is 2. The average Bonchev–Trinajstić information content (AvgIpc) is 2.48. The summed E-state index contributed by atoms with van der Waals surface area (Å²) in [5.41, 5.74) is 0. The van der Waals surface area contributed by atoms with Crippen molar-refractivity contribution in [2.24, 2.45) is 5.92 Å². The van der Waals surface area contributed by atoms with E-state index in [4.69, 9.17) is 4.74 Å². The molecule has 1 fully saturated rings. The van der Waals surface area contributed by atoms with Gasteiger partial charge < -0.3 is 25.0 Å². The monoisotopic (exact) mass is 233 g/mol. The van der Waals surface area contributed by atoms with Gasteiger partial charge in [0.25, 0.3) is 0 Å². The van der Waals surface area contributed by atoms with E-state index in [1.807, 2.05) is 0 Å². The van der Waals surface area contributed by atoms with Gasteiger partial charge in [0.15, 0.2) is 0 Å². The topological polar surface area (TPSA) is 88.0 Å². The normalized spacial score (nSPS) is 34.0. The van der Waals surface area contributed by atoms with Crippen LogP contribution in [0.3, 0.4) is 0 Å². The first-order valence-corrected chi connectivity index (χ1v) is 5.23. The van der Waals surface area contributed by atoms with Crippen LogP contribution in [0.1, 0.15) is 6.42 Å². The maximum atomic E-state index is 11.3. The number of rotatable bonds is 5. The van der Waals surface area contributed by atoms with Crippen LogP contribution in [0, 0.1) is 5.92 Å². The predicted octanol–water partition coefficient (Wildman–Crippen LogP) is -1.49. The summed E-state index contributed by atoms with van der Waals surface area (Å²) in [5.74, 6) is -0.440. The first kappa shape index (κ1) is 13.4. The second-order valence-corrected chi connectivity index (χ2v) is 4.04. The van der Waals surface area contributed by atoms with E-state index < -0.39 is 18.2 Å². The molecule has 1 rings (SSSR count). The molecule has 0 aliphatic heterocycles. The van der Waals surface area contributed by atoms with Crippen molar-refractivity contribution in [3.05, 3.63) is 0 Å². The van der Waals surface area contributed by atoms with Gasteiger partial charge in [-0.25, -0.2) is 0 Å². The van der Waals surface area contributed by atoms with Gasteiger partial charge in [0.1, 0.15) is 12.7 Å². The van der Waals surface area contributed by atoms with Gasteiger partial charge in [-0.1, -0.05) is 0 Å². The van der Waals surface area contributed by atoms with Crippen LogP contribution in [0.2, 0.25) is 0 Å². The number of aliphatic hydroxyl groups is 2. The molecule has 1 aliphatic rings. The highest BCUT2D eigenvalue weighted by molar-refractivity contribution is 5.77. The minimum Gasteiger partial charge on any atom is -0.390 e. The van der Waals surface area contributed by atoms with Gasteiger partial charge in [-0.05, 0) is 6.42 Å². The molecule has 0 saturated heterocycles. The highest BCUT2D eigenvalue weighted by Gasteiger charge is 2.41. The molecular weight excluding hydrogens is 214 g/mol. The van der Waals surface area contributed by atoms with Crippen LogP contribution in [0.15, 0.2) is 0 Å². The summed E-state index contributed by atoms with van der Waals surface area (Å²) < 4.78 is 9.61. The minimum atomic E-state index is -0.944. The molecule has 0 aromatic rings. The summed E-state index contributed by atoms with van der Waals surface area (Å²) in [6, 6.07) is -0.433. The smallest absolute Gasteiger partial charge is 0.246 e. The van der Waals surface area contributed by atoms with Crippen LogP contribution in [-0.4, -0.2) is 61.8 Å². The molecule has 94 valence electrons. The summed E-state index contributed by atoms with van der Waals surface area (Å²) in [6.07, 6.45) is -1.29. The number of methoxy groups -OCH3 is 2. The Bertz CT molecular complexity index is 235. The van der Waals surface area contributed by atoms with Gasteiger partial charge in [-0.3, -0.25) is 4.79 Å². The third-order valence-corrected chi connectivity index (χ3v) is 2.80. The first-order valence-electron chi connectivity index (χ1n) is 5.23. The summed E-state index contributed by atoms with van der Waals surface area (Å²) in [7, 11) is 2.96. The Kier molecular flexibility index (Phi) is 5.14. The molecule has 6 heteroatoms. The molecule has 0 aromatic carbocycles. The number of ether oxygens (including phenoxy) is 2. The average molecular weight is 233 g/mol. The Labute approximate surface area is 94.5 Å². The number of nitrogens with one attached hydrogen (secondary N) is 1. The van der Waals surface area contributed by atoms with Gasteiger partial charge in [0.2, 0.25) is 5.91 Å². The number of carbonyl (C=O) groups excluding carboxylic acids is 1. The molecule has 6 nitrogen and oxygen atoms in total. The Balaban J connectivity index is 2.47. The zero-order chi connectivity index (χ0) is 12.1. The van der Waals surface area contributed by atoms with E-state index in [9.17, 15) is 15.0 Å². The van der Waals surface area contributed by atoms with Gasteiger partial charge in [0, 0.05) is 20.1 Å². The molecule has 3 N–H and O–H groups in total. The van der Waals surface area contributed by atoms with Crippen molar-refractivity contribution in [1.82, 2.24) is 5.32 Å². The van der Waals surface area contributed by atoms with Crippen molar-refractivity contribution < 1.29 is 24.5 Å².